The van der Waals surface area contributed by atoms with Crippen molar-refractivity contribution in [2.75, 3.05) is 10.8 Å². The van der Waals surface area contributed by atoms with E-state index in [1.54, 1.807) is 55.5 Å². The molecule has 1 fully saturated rings. The van der Waals surface area contributed by atoms with Crippen LogP contribution < -0.4 is 9.62 Å². The number of hydrogen-bond acceptors (Lipinski definition) is 4. The van der Waals surface area contributed by atoms with Crippen LogP contribution in [-0.4, -0.2) is 43.8 Å². The minimum atomic E-state index is -4.12. The summed E-state index contributed by atoms with van der Waals surface area (Å²) in [5, 5.41) is 3.75. The number of carbonyl (C=O) groups excluding carboxylic acids is 2. The normalized spacial score (nSPS) is 14.4. The SMILES string of the molecule is CCc1ccc(N(CC(=O)N(Cc2c(Cl)cccc2Cl)C(C)C(=O)NC2CCCC2)S(=O)(=O)c2ccccc2)cc1. The van der Waals surface area contributed by atoms with Crippen LogP contribution in [0.15, 0.2) is 77.7 Å². The highest BCUT2D eigenvalue weighted by Crippen LogP contribution is 2.29. The first-order valence-electron chi connectivity index (χ1n) is 13.8. The summed E-state index contributed by atoms with van der Waals surface area (Å²) in [6.45, 7) is 3.06. The van der Waals surface area contributed by atoms with Gasteiger partial charge in [0.05, 0.1) is 10.6 Å². The first-order chi connectivity index (χ1) is 19.6. The molecule has 10 heteroatoms. The van der Waals surface area contributed by atoms with Crippen LogP contribution in [0, 0.1) is 0 Å². The number of hydrogen-bond donors (Lipinski definition) is 1. The van der Waals surface area contributed by atoms with Crippen molar-refractivity contribution in [1.29, 1.82) is 0 Å². The second-order valence-corrected chi connectivity index (χ2v) is 12.9. The topological polar surface area (TPSA) is 86.8 Å². The maximum absolute atomic E-state index is 14.1. The van der Waals surface area contributed by atoms with E-state index in [0.29, 0.717) is 21.3 Å². The molecule has 0 aromatic heterocycles. The van der Waals surface area contributed by atoms with E-state index >= 15 is 0 Å². The molecule has 1 unspecified atom stereocenters. The fraction of sp³-hybridized carbons (Fsp3) is 0.355. The van der Waals surface area contributed by atoms with Crippen LogP contribution in [0.5, 0.6) is 0 Å². The van der Waals surface area contributed by atoms with Gasteiger partial charge in [0, 0.05) is 28.2 Å². The number of benzene rings is 3. The van der Waals surface area contributed by atoms with Crippen molar-refractivity contribution in [3.8, 4) is 0 Å². The van der Waals surface area contributed by atoms with Crippen molar-refractivity contribution in [3.63, 3.8) is 0 Å². The standard InChI is InChI=1S/C31H35Cl2N3O4S/c1-3-23-16-18-25(19-17-23)36(41(39,40)26-12-5-4-6-13-26)21-30(37)35(20-27-28(32)14-9-15-29(27)33)22(2)31(38)34-24-10-7-8-11-24/h4-6,9,12-19,22,24H,3,7-8,10-11,20-21H2,1-2H3,(H,34,38). The molecule has 0 aliphatic heterocycles. The van der Waals surface area contributed by atoms with Crippen LogP contribution in [0.1, 0.15) is 50.7 Å². The van der Waals surface area contributed by atoms with Gasteiger partial charge < -0.3 is 10.2 Å². The summed E-state index contributed by atoms with van der Waals surface area (Å²) in [6.07, 6.45) is 4.64. The summed E-state index contributed by atoms with van der Waals surface area (Å²) >= 11 is 12.9. The van der Waals surface area contributed by atoms with Gasteiger partial charge in [0.1, 0.15) is 12.6 Å². The molecule has 41 heavy (non-hydrogen) atoms. The van der Waals surface area contributed by atoms with Crippen molar-refractivity contribution in [2.24, 2.45) is 0 Å². The maximum Gasteiger partial charge on any atom is 0.264 e. The average Bonchev–Trinajstić information content (AvgIpc) is 3.49. The Morgan fingerprint density at radius 2 is 1.54 bits per heavy atom. The van der Waals surface area contributed by atoms with Crippen LogP contribution in [0.25, 0.3) is 0 Å². The number of nitrogens with zero attached hydrogens (tertiary/aromatic N) is 2. The molecule has 0 saturated heterocycles. The van der Waals surface area contributed by atoms with Crippen LogP contribution in [0.2, 0.25) is 10.0 Å². The number of nitrogens with one attached hydrogen (secondary N) is 1. The van der Waals surface area contributed by atoms with Gasteiger partial charge in [-0.25, -0.2) is 8.42 Å². The Hall–Kier alpha value is -3.07. The maximum atomic E-state index is 14.1. The van der Waals surface area contributed by atoms with Gasteiger partial charge in [0.15, 0.2) is 0 Å². The van der Waals surface area contributed by atoms with E-state index in [2.05, 4.69) is 5.32 Å². The first kappa shape index (κ1) is 30.9. The van der Waals surface area contributed by atoms with E-state index in [1.807, 2.05) is 19.1 Å². The van der Waals surface area contributed by atoms with E-state index in [9.17, 15) is 18.0 Å². The highest BCUT2D eigenvalue weighted by Gasteiger charge is 2.34. The molecule has 3 aromatic rings. The quantitative estimate of drug-likeness (QED) is 0.277. The number of amides is 2. The predicted octanol–water partition coefficient (Wildman–Crippen LogP) is 6.23. The Kier molecular flexibility index (Phi) is 10.3. The molecular weight excluding hydrogens is 581 g/mol. The number of rotatable bonds is 11. The minimum Gasteiger partial charge on any atom is -0.352 e. The van der Waals surface area contributed by atoms with E-state index < -0.39 is 28.5 Å². The molecule has 1 N–H and O–H groups in total. The van der Waals surface area contributed by atoms with E-state index in [0.717, 1.165) is 42.0 Å². The molecule has 1 aliphatic rings. The van der Waals surface area contributed by atoms with Gasteiger partial charge in [-0.2, -0.15) is 0 Å². The monoisotopic (exact) mass is 615 g/mol. The molecule has 4 rings (SSSR count). The van der Waals surface area contributed by atoms with Crippen LogP contribution in [0.4, 0.5) is 5.69 Å². The highest BCUT2D eigenvalue weighted by atomic mass is 35.5. The minimum absolute atomic E-state index is 0.0536. The molecule has 3 aromatic carbocycles. The summed E-state index contributed by atoms with van der Waals surface area (Å²) < 4.78 is 28.8. The number of anilines is 1. The Balaban J connectivity index is 1.71. The molecule has 0 heterocycles. The highest BCUT2D eigenvalue weighted by molar-refractivity contribution is 7.92. The summed E-state index contributed by atoms with van der Waals surface area (Å²) in [5.41, 5.74) is 1.86. The van der Waals surface area contributed by atoms with E-state index in [-0.39, 0.29) is 23.4 Å². The molecule has 7 nitrogen and oxygen atoms in total. The van der Waals surface area contributed by atoms with Crippen LogP contribution >= 0.6 is 23.2 Å². The molecule has 1 aliphatic carbocycles. The van der Waals surface area contributed by atoms with Gasteiger partial charge in [0.2, 0.25) is 11.8 Å². The number of sulfonamides is 1. The first-order valence-corrected chi connectivity index (χ1v) is 16.0. The number of carbonyl (C=O) groups is 2. The van der Waals surface area contributed by atoms with Crippen molar-refractivity contribution in [3.05, 3.63) is 94.0 Å². The zero-order chi connectivity index (χ0) is 29.6. The third-order valence-corrected chi connectivity index (χ3v) is 10.00. The zero-order valence-corrected chi connectivity index (χ0v) is 25.6. The molecular formula is C31H35Cl2N3O4S. The Labute approximate surface area is 252 Å². The van der Waals surface area contributed by atoms with Crippen molar-refractivity contribution in [2.45, 2.75) is 69.5 Å². The zero-order valence-electron chi connectivity index (χ0n) is 23.2. The lowest BCUT2D eigenvalue weighted by Crippen LogP contribution is -2.52. The van der Waals surface area contributed by atoms with E-state index in [4.69, 9.17) is 23.2 Å². The van der Waals surface area contributed by atoms with Gasteiger partial charge in [0.25, 0.3) is 10.0 Å². The molecule has 218 valence electrons. The lowest BCUT2D eigenvalue weighted by molar-refractivity contribution is -0.139. The third-order valence-electron chi connectivity index (χ3n) is 7.50. The summed E-state index contributed by atoms with van der Waals surface area (Å²) in [7, 11) is -4.12. The fourth-order valence-electron chi connectivity index (χ4n) is 4.97. The second-order valence-electron chi connectivity index (χ2n) is 10.2. The smallest absolute Gasteiger partial charge is 0.264 e. The van der Waals surface area contributed by atoms with Crippen molar-refractivity contribution in [1.82, 2.24) is 10.2 Å². The molecule has 0 spiro atoms. The Morgan fingerprint density at radius 3 is 2.12 bits per heavy atom. The Morgan fingerprint density at radius 1 is 0.927 bits per heavy atom. The van der Waals surface area contributed by atoms with Gasteiger partial charge in [-0.1, -0.05) is 79.4 Å². The molecule has 1 saturated carbocycles. The van der Waals surface area contributed by atoms with Crippen LogP contribution in [0.3, 0.4) is 0 Å². The lowest BCUT2D eigenvalue weighted by Gasteiger charge is -2.33. The summed E-state index contributed by atoms with van der Waals surface area (Å²) in [6, 6.07) is 19.2. The molecule has 0 bridgehead atoms. The fourth-order valence-corrected chi connectivity index (χ4v) is 6.93. The Bertz CT molecular complexity index is 1440. The van der Waals surface area contributed by atoms with Crippen LogP contribution in [-0.2, 0) is 32.6 Å². The molecule has 0 radical (unpaired) electrons. The van der Waals surface area contributed by atoms with Crippen molar-refractivity contribution < 1.29 is 18.0 Å². The van der Waals surface area contributed by atoms with Gasteiger partial charge in [-0.15, -0.1) is 0 Å². The van der Waals surface area contributed by atoms with E-state index in [1.165, 1.54) is 17.0 Å². The summed E-state index contributed by atoms with van der Waals surface area (Å²) in [5.74, 6) is -0.868. The number of aryl methyl sites for hydroxylation is 1. The lowest BCUT2D eigenvalue weighted by atomic mass is 10.1. The van der Waals surface area contributed by atoms with Gasteiger partial charge in [-0.05, 0) is 68.1 Å². The molecule has 1 atom stereocenters. The second kappa shape index (κ2) is 13.7. The molecule has 2 amide bonds. The third kappa shape index (κ3) is 7.42. The van der Waals surface area contributed by atoms with Crippen molar-refractivity contribution >= 4 is 50.7 Å². The number of halogens is 2. The van der Waals surface area contributed by atoms with Gasteiger partial charge in [-0.3, -0.25) is 13.9 Å². The summed E-state index contributed by atoms with van der Waals surface area (Å²) in [4.78, 5) is 28.8. The van der Waals surface area contributed by atoms with Gasteiger partial charge >= 0.3 is 0 Å². The average molecular weight is 617 g/mol. The predicted molar refractivity (Wildman–Crippen MR) is 164 cm³/mol. The largest absolute Gasteiger partial charge is 0.352 e.